The molecule has 0 saturated heterocycles. The highest BCUT2D eigenvalue weighted by molar-refractivity contribution is 7.09. The number of rotatable bonds is 7. The average Bonchev–Trinajstić information content (AvgIpc) is 2.70. The maximum Gasteiger partial charge on any atom is 0.0664 e. The maximum absolute atomic E-state index is 9.65. The quantitative estimate of drug-likeness (QED) is 0.774. The van der Waals surface area contributed by atoms with Crippen LogP contribution in [0.3, 0.4) is 0 Å². The van der Waals surface area contributed by atoms with Crippen LogP contribution in [0.5, 0.6) is 0 Å². The molecular weight excluding hydrogens is 206 g/mol. The predicted molar refractivity (Wildman–Crippen MR) is 66.2 cm³/mol. The molecule has 0 amide bonds. The van der Waals surface area contributed by atoms with E-state index in [4.69, 9.17) is 0 Å². The summed E-state index contributed by atoms with van der Waals surface area (Å²) in [6.07, 6.45) is 1.79. The Hall–Kier alpha value is -0.380. The van der Waals surface area contributed by atoms with Crippen molar-refractivity contribution >= 4 is 11.3 Å². The Bertz CT molecular complexity index is 248. The lowest BCUT2D eigenvalue weighted by Crippen LogP contribution is -2.32. The van der Waals surface area contributed by atoms with Crippen molar-refractivity contribution in [1.82, 2.24) is 4.90 Å². The molecule has 1 unspecified atom stereocenters. The van der Waals surface area contributed by atoms with Gasteiger partial charge in [-0.15, -0.1) is 11.3 Å². The van der Waals surface area contributed by atoms with E-state index in [9.17, 15) is 5.11 Å². The summed E-state index contributed by atoms with van der Waals surface area (Å²) in [5, 5.41) is 11.8. The summed E-state index contributed by atoms with van der Waals surface area (Å²) >= 11 is 1.79. The highest BCUT2D eigenvalue weighted by Crippen LogP contribution is 2.12. The lowest BCUT2D eigenvalue weighted by atomic mass is 10.2. The van der Waals surface area contributed by atoms with Gasteiger partial charge in [0, 0.05) is 18.0 Å². The van der Waals surface area contributed by atoms with Gasteiger partial charge in [-0.2, -0.15) is 0 Å². The first kappa shape index (κ1) is 12.7. The summed E-state index contributed by atoms with van der Waals surface area (Å²) in [6.45, 7) is 7.04. The van der Waals surface area contributed by atoms with Crippen molar-refractivity contribution in [3.8, 4) is 0 Å². The third kappa shape index (κ3) is 4.78. The minimum atomic E-state index is -0.184. The van der Waals surface area contributed by atoms with E-state index in [0.717, 1.165) is 32.5 Å². The van der Waals surface area contributed by atoms with Crippen LogP contribution in [0.2, 0.25) is 0 Å². The maximum atomic E-state index is 9.65. The minimum absolute atomic E-state index is 0.184. The normalized spacial score (nSPS) is 13.3. The number of nitrogens with zero attached hydrogens (tertiary/aromatic N) is 1. The number of aliphatic hydroxyl groups is 1. The van der Waals surface area contributed by atoms with E-state index in [-0.39, 0.29) is 6.10 Å². The number of thiophene rings is 1. The first-order valence-electron chi connectivity index (χ1n) is 5.69. The fraction of sp³-hybridized carbons (Fsp3) is 0.667. The summed E-state index contributed by atoms with van der Waals surface area (Å²) in [7, 11) is 0. The molecule has 1 aromatic heterocycles. The monoisotopic (exact) mass is 227 g/mol. The van der Waals surface area contributed by atoms with Crippen molar-refractivity contribution in [3.63, 3.8) is 0 Å². The SMILES string of the molecule is CCCN(Cc1cccs1)CC(O)CC. The van der Waals surface area contributed by atoms with Gasteiger partial charge in [0.25, 0.3) is 0 Å². The first-order chi connectivity index (χ1) is 7.26. The van der Waals surface area contributed by atoms with Crippen LogP contribution in [0, 0.1) is 0 Å². The second-order valence-electron chi connectivity index (χ2n) is 3.88. The van der Waals surface area contributed by atoms with E-state index in [1.165, 1.54) is 4.88 Å². The van der Waals surface area contributed by atoms with Crippen molar-refractivity contribution in [2.75, 3.05) is 13.1 Å². The van der Waals surface area contributed by atoms with Crippen molar-refractivity contribution < 1.29 is 5.11 Å². The average molecular weight is 227 g/mol. The van der Waals surface area contributed by atoms with Crippen LogP contribution >= 0.6 is 11.3 Å². The molecule has 0 bridgehead atoms. The van der Waals surface area contributed by atoms with Crippen LogP contribution in [0.4, 0.5) is 0 Å². The molecule has 1 rings (SSSR count). The Morgan fingerprint density at radius 3 is 2.80 bits per heavy atom. The number of aliphatic hydroxyl groups excluding tert-OH is 1. The van der Waals surface area contributed by atoms with Gasteiger partial charge in [0.2, 0.25) is 0 Å². The lowest BCUT2D eigenvalue weighted by molar-refractivity contribution is 0.106. The Balaban J connectivity index is 2.43. The Morgan fingerprint density at radius 1 is 1.47 bits per heavy atom. The largest absolute Gasteiger partial charge is 0.392 e. The van der Waals surface area contributed by atoms with E-state index < -0.39 is 0 Å². The van der Waals surface area contributed by atoms with Crippen molar-refractivity contribution in [2.45, 2.75) is 39.3 Å². The van der Waals surface area contributed by atoms with E-state index in [2.05, 4.69) is 29.3 Å². The molecule has 0 aromatic carbocycles. The van der Waals surface area contributed by atoms with Crippen LogP contribution in [0.1, 0.15) is 31.6 Å². The molecule has 0 fully saturated rings. The third-order valence-corrected chi connectivity index (χ3v) is 3.30. The molecule has 3 heteroatoms. The van der Waals surface area contributed by atoms with Crippen LogP contribution in [-0.2, 0) is 6.54 Å². The Morgan fingerprint density at radius 2 is 2.27 bits per heavy atom. The van der Waals surface area contributed by atoms with Crippen molar-refractivity contribution in [1.29, 1.82) is 0 Å². The van der Waals surface area contributed by atoms with Crippen LogP contribution in [0.25, 0.3) is 0 Å². The van der Waals surface area contributed by atoms with Gasteiger partial charge in [0.05, 0.1) is 6.10 Å². The van der Waals surface area contributed by atoms with Crippen LogP contribution in [-0.4, -0.2) is 29.2 Å². The van der Waals surface area contributed by atoms with E-state index in [1.54, 1.807) is 11.3 Å². The summed E-state index contributed by atoms with van der Waals surface area (Å²) < 4.78 is 0. The van der Waals surface area contributed by atoms with Gasteiger partial charge in [-0.25, -0.2) is 0 Å². The molecule has 15 heavy (non-hydrogen) atoms. The molecule has 1 N–H and O–H groups in total. The zero-order valence-electron chi connectivity index (χ0n) is 9.65. The van der Waals surface area contributed by atoms with Crippen molar-refractivity contribution in [3.05, 3.63) is 22.4 Å². The molecule has 0 aliphatic heterocycles. The Kier molecular flexibility index (Phi) is 5.91. The molecule has 0 saturated carbocycles. The van der Waals surface area contributed by atoms with Crippen LogP contribution in [0.15, 0.2) is 17.5 Å². The predicted octanol–water partition coefficient (Wildman–Crippen LogP) is 2.73. The van der Waals surface area contributed by atoms with Gasteiger partial charge in [-0.3, -0.25) is 4.90 Å². The second-order valence-corrected chi connectivity index (χ2v) is 4.91. The Labute approximate surface area is 96.5 Å². The molecule has 86 valence electrons. The molecule has 0 aliphatic carbocycles. The zero-order valence-corrected chi connectivity index (χ0v) is 10.5. The highest BCUT2D eigenvalue weighted by atomic mass is 32.1. The smallest absolute Gasteiger partial charge is 0.0664 e. The van der Waals surface area contributed by atoms with E-state index >= 15 is 0 Å². The van der Waals surface area contributed by atoms with Gasteiger partial charge < -0.3 is 5.11 Å². The lowest BCUT2D eigenvalue weighted by Gasteiger charge is -2.23. The standard InChI is InChI=1S/C12H21NOS/c1-3-7-13(9-11(14)4-2)10-12-6-5-8-15-12/h5-6,8,11,14H,3-4,7,9-10H2,1-2H3. The van der Waals surface area contributed by atoms with Gasteiger partial charge in [0.1, 0.15) is 0 Å². The van der Waals surface area contributed by atoms with E-state index in [1.807, 2.05) is 6.92 Å². The molecule has 1 atom stereocenters. The first-order valence-corrected chi connectivity index (χ1v) is 6.57. The van der Waals surface area contributed by atoms with Gasteiger partial charge in [0.15, 0.2) is 0 Å². The van der Waals surface area contributed by atoms with E-state index in [0.29, 0.717) is 0 Å². The van der Waals surface area contributed by atoms with Crippen LogP contribution < -0.4 is 0 Å². The van der Waals surface area contributed by atoms with Crippen molar-refractivity contribution in [2.24, 2.45) is 0 Å². The molecule has 0 spiro atoms. The number of hydrogen-bond donors (Lipinski definition) is 1. The number of hydrogen-bond acceptors (Lipinski definition) is 3. The summed E-state index contributed by atoms with van der Waals surface area (Å²) in [5.41, 5.74) is 0. The van der Waals surface area contributed by atoms with Gasteiger partial charge in [-0.05, 0) is 30.8 Å². The molecule has 0 aliphatic rings. The second kappa shape index (κ2) is 6.99. The minimum Gasteiger partial charge on any atom is -0.392 e. The molecule has 2 nitrogen and oxygen atoms in total. The fourth-order valence-corrected chi connectivity index (χ4v) is 2.35. The highest BCUT2D eigenvalue weighted by Gasteiger charge is 2.10. The van der Waals surface area contributed by atoms with Gasteiger partial charge >= 0.3 is 0 Å². The summed E-state index contributed by atoms with van der Waals surface area (Å²) in [6, 6.07) is 4.24. The molecule has 1 heterocycles. The topological polar surface area (TPSA) is 23.5 Å². The molecular formula is C12H21NOS. The summed E-state index contributed by atoms with van der Waals surface area (Å²) in [4.78, 5) is 3.71. The molecule has 1 aromatic rings. The fourth-order valence-electron chi connectivity index (χ4n) is 1.60. The third-order valence-electron chi connectivity index (χ3n) is 2.44. The summed E-state index contributed by atoms with van der Waals surface area (Å²) in [5.74, 6) is 0. The zero-order chi connectivity index (χ0) is 11.1. The van der Waals surface area contributed by atoms with Gasteiger partial charge in [-0.1, -0.05) is 19.9 Å². The molecule has 0 radical (unpaired) electrons.